The number of halogens is 7. The molecule has 3 aromatic carbocycles. The lowest BCUT2D eigenvalue weighted by molar-refractivity contribution is -0.188. The van der Waals surface area contributed by atoms with Crippen molar-refractivity contribution in [3.8, 4) is 16.9 Å². The molecule has 3 rings (SSSR count). The van der Waals surface area contributed by atoms with Gasteiger partial charge in [0, 0.05) is 9.64 Å². The molecule has 3 aromatic rings. The van der Waals surface area contributed by atoms with E-state index in [1.54, 1.807) is 22.6 Å². The number of ether oxygens (including phenoxy) is 1. The summed E-state index contributed by atoms with van der Waals surface area (Å²) < 4.78 is 75.3. The molecular formula is C22H15F5I2O. The highest BCUT2D eigenvalue weighted by Gasteiger charge is 2.40. The van der Waals surface area contributed by atoms with E-state index in [1.807, 2.05) is 24.3 Å². The molecule has 0 aliphatic carbocycles. The van der Waals surface area contributed by atoms with Gasteiger partial charge in [-0.1, -0.05) is 37.6 Å². The van der Waals surface area contributed by atoms with E-state index in [0.29, 0.717) is 17.2 Å². The lowest BCUT2D eigenvalue weighted by atomic mass is 10.0. The predicted octanol–water partition coefficient (Wildman–Crippen LogP) is 8.06. The van der Waals surface area contributed by atoms with Crippen molar-refractivity contribution in [2.24, 2.45) is 0 Å². The number of alkyl halides is 2. The molecule has 0 aliphatic heterocycles. The van der Waals surface area contributed by atoms with Crippen LogP contribution in [0, 0.1) is 24.6 Å². The molecule has 0 spiro atoms. The second-order valence-corrected chi connectivity index (χ2v) is 8.91. The Morgan fingerprint density at radius 2 is 1.50 bits per heavy atom. The van der Waals surface area contributed by atoms with Gasteiger partial charge in [0.05, 0.1) is 3.57 Å². The van der Waals surface area contributed by atoms with Crippen LogP contribution in [-0.4, -0.2) is 0 Å². The zero-order valence-corrected chi connectivity index (χ0v) is 19.9. The second kappa shape index (κ2) is 9.37. The topological polar surface area (TPSA) is 9.23 Å². The summed E-state index contributed by atoms with van der Waals surface area (Å²) >= 11 is 3.07. The smallest absolute Gasteiger partial charge is 0.429 e. The van der Waals surface area contributed by atoms with Crippen molar-refractivity contribution in [3.63, 3.8) is 0 Å². The van der Waals surface area contributed by atoms with Gasteiger partial charge in [0.25, 0.3) is 0 Å². The predicted molar refractivity (Wildman–Crippen MR) is 122 cm³/mol. The van der Waals surface area contributed by atoms with Crippen LogP contribution in [0.3, 0.4) is 0 Å². The molecule has 0 amide bonds. The zero-order valence-electron chi connectivity index (χ0n) is 15.6. The van der Waals surface area contributed by atoms with Gasteiger partial charge < -0.3 is 4.74 Å². The SMILES string of the molecule is CCCc1ccc(-c2cc(F)c(C(F)(F)Oc3cc(F)c(F)c(I)c3)c(I)c2)cc1. The van der Waals surface area contributed by atoms with Gasteiger partial charge in [0.15, 0.2) is 11.6 Å². The van der Waals surface area contributed by atoms with Crippen molar-refractivity contribution in [1.29, 1.82) is 0 Å². The molecule has 0 aromatic heterocycles. The fourth-order valence-corrected chi connectivity index (χ4v) is 4.43. The summed E-state index contributed by atoms with van der Waals surface area (Å²) in [6, 6.07) is 11.3. The maximum atomic E-state index is 14.7. The second-order valence-electron chi connectivity index (χ2n) is 6.58. The molecule has 0 atom stereocenters. The Bertz CT molecular complexity index is 1020. The fourth-order valence-electron chi connectivity index (χ4n) is 2.96. The molecule has 0 saturated carbocycles. The minimum Gasteiger partial charge on any atom is -0.429 e. The van der Waals surface area contributed by atoms with Crippen molar-refractivity contribution in [3.05, 3.63) is 84.2 Å². The van der Waals surface area contributed by atoms with Gasteiger partial charge in [0.2, 0.25) is 0 Å². The van der Waals surface area contributed by atoms with Gasteiger partial charge >= 0.3 is 6.11 Å². The number of aryl methyl sites for hydroxylation is 1. The van der Waals surface area contributed by atoms with Crippen LogP contribution in [-0.2, 0) is 12.5 Å². The van der Waals surface area contributed by atoms with Crippen molar-refractivity contribution in [1.82, 2.24) is 0 Å². The number of hydrogen-bond donors (Lipinski definition) is 0. The fraction of sp³-hybridized carbons (Fsp3) is 0.182. The molecule has 0 unspecified atom stereocenters. The summed E-state index contributed by atoms with van der Waals surface area (Å²) in [6.07, 6.45) is -2.18. The lowest BCUT2D eigenvalue weighted by Crippen LogP contribution is -2.25. The van der Waals surface area contributed by atoms with E-state index in [4.69, 9.17) is 0 Å². The van der Waals surface area contributed by atoms with E-state index in [1.165, 1.54) is 28.7 Å². The summed E-state index contributed by atoms with van der Waals surface area (Å²) in [5.74, 6) is -4.25. The highest BCUT2D eigenvalue weighted by molar-refractivity contribution is 14.1. The highest BCUT2D eigenvalue weighted by Crippen LogP contribution is 2.39. The van der Waals surface area contributed by atoms with Gasteiger partial charge in [-0.2, -0.15) is 8.78 Å². The van der Waals surface area contributed by atoms with Crippen molar-refractivity contribution in [2.75, 3.05) is 0 Å². The first kappa shape index (κ1) is 23.2. The Balaban J connectivity index is 1.94. The average molecular weight is 644 g/mol. The molecule has 0 bridgehead atoms. The summed E-state index contributed by atoms with van der Waals surface area (Å²) in [4.78, 5) is 0. The van der Waals surface area contributed by atoms with Gasteiger partial charge in [-0.15, -0.1) is 0 Å². The van der Waals surface area contributed by atoms with Gasteiger partial charge in [-0.05, 0) is 86.5 Å². The van der Waals surface area contributed by atoms with E-state index in [-0.39, 0.29) is 7.14 Å². The normalized spacial score (nSPS) is 11.6. The third-order valence-corrected chi connectivity index (χ3v) is 6.00. The first-order valence-electron chi connectivity index (χ1n) is 8.92. The van der Waals surface area contributed by atoms with Crippen LogP contribution >= 0.6 is 45.2 Å². The molecule has 0 N–H and O–H groups in total. The molecule has 0 radical (unpaired) electrons. The third-order valence-electron chi connectivity index (χ3n) is 4.36. The van der Waals surface area contributed by atoms with Crippen LogP contribution in [0.5, 0.6) is 5.75 Å². The van der Waals surface area contributed by atoms with Crippen LogP contribution in [0.1, 0.15) is 24.5 Å². The van der Waals surface area contributed by atoms with E-state index in [2.05, 4.69) is 11.7 Å². The summed E-state index contributed by atoms with van der Waals surface area (Å²) in [6.45, 7) is 2.06. The molecule has 0 aliphatic rings. The standard InChI is InChI=1S/C22H15F5I2O/c1-2-3-12-4-6-13(7-5-12)14-8-16(23)20(18(28)9-14)22(26,27)30-15-10-17(24)21(25)19(29)11-15/h4-11H,2-3H2,1H3. The van der Waals surface area contributed by atoms with Crippen molar-refractivity contribution < 1.29 is 26.7 Å². The number of hydrogen-bond acceptors (Lipinski definition) is 1. The van der Waals surface area contributed by atoms with Crippen LogP contribution in [0.25, 0.3) is 11.1 Å². The lowest BCUT2D eigenvalue weighted by Gasteiger charge is -2.21. The Hall–Kier alpha value is -1.43. The Morgan fingerprint density at radius 1 is 0.833 bits per heavy atom. The first-order valence-corrected chi connectivity index (χ1v) is 11.1. The summed E-state index contributed by atoms with van der Waals surface area (Å²) in [7, 11) is 0. The largest absolute Gasteiger partial charge is 0.430 e. The molecule has 8 heteroatoms. The van der Waals surface area contributed by atoms with Crippen LogP contribution < -0.4 is 4.74 Å². The van der Waals surface area contributed by atoms with Gasteiger partial charge in [-0.3, -0.25) is 0 Å². The van der Waals surface area contributed by atoms with Crippen LogP contribution in [0.4, 0.5) is 22.0 Å². The molecular weight excluding hydrogens is 629 g/mol. The minimum atomic E-state index is -4.09. The Morgan fingerprint density at radius 3 is 2.07 bits per heavy atom. The molecule has 1 nitrogen and oxygen atoms in total. The van der Waals surface area contributed by atoms with Crippen molar-refractivity contribution >= 4 is 45.2 Å². The van der Waals surface area contributed by atoms with E-state index in [0.717, 1.165) is 30.5 Å². The molecule has 158 valence electrons. The average Bonchev–Trinajstić information content (AvgIpc) is 2.65. The molecule has 0 heterocycles. The van der Waals surface area contributed by atoms with E-state index >= 15 is 0 Å². The summed E-state index contributed by atoms with van der Waals surface area (Å²) in [5, 5.41) is 0. The number of rotatable bonds is 6. The highest BCUT2D eigenvalue weighted by atomic mass is 127. The van der Waals surface area contributed by atoms with Crippen molar-refractivity contribution in [2.45, 2.75) is 25.9 Å². The Labute approximate surface area is 197 Å². The monoisotopic (exact) mass is 644 g/mol. The van der Waals surface area contributed by atoms with E-state index < -0.39 is 34.9 Å². The maximum absolute atomic E-state index is 14.7. The number of benzene rings is 3. The summed E-state index contributed by atoms with van der Waals surface area (Å²) in [5.41, 5.74) is 1.31. The van der Waals surface area contributed by atoms with E-state index in [9.17, 15) is 22.0 Å². The maximum Gasteiger partial charge on any atom is 0.430 e. The zero-order chi connectivity index (χ0) is 22.1. The molecule has 0 saturated heterocycles. The third kappa shape index (κ3) is 5.06. The quantitative estimate of drug-likeness (QED) is 0.150. The molecule has 30 heavy (non-hydrogen) atoms. The Kier molecular flexibility index (Phi) is 7.26. The van der Waals surface area contributed by atoms with Gasteiger partial charge in [0.1, 0.15) is 17.1 Å². The minimum absolute atomic E-state index is 0.0532. The first-order chi connectivity index (χ1) is 14.1. The van der Waals surface area contributed by atoms with Crippen LogP contribution in [0.2, 0.25) is 0 Å². The molecule has 0 fully saturated rings. The van der Waals surface area contributed by atoms with Crippen LogP contribution in [0.15, 0.2) is 48.5 Å². The van der Waals surface area contributed by atoms with Gasteiger partial charge in [-0.25, -0.2) is 13.2 Å².